The van der Waals surface area contributed by atoms with Gasteiger partial charge >= 0.3 is 5.97 Å². The molecule has 1 unspecified atom stereocenters. The Bertz CT molecular complexity index is 205. The summed E-state index contributed by atoms with van der Waals surface area (Å²) in [5.41, 5.74) is 5.73. The van der Waals surface area contributed by atoms with Crippen LogP contribution >= 0.6 is 0 Å². The van der Waals surface area contributed by atoms with Crippen LogP contribution in [0.3, 0.4) is 0 Å². The molecule has 0 bridgehead atoms. The van der Waals surface area contributed by atoms with Gasteiger partial charge in [-0.1, -0.05) is 13.3 Å². The quantitative estimate of drug-likeness (QED) is 0.473. The summed E-state index contributed by atoms with van der Waals surface area (Å²) in [7, 11) is 0. The molecular formula is C13H27NO3. The lowest BCUT2D eigenvalue weighted by atomic mass is 10.0. The van der Waals surface area contributed by atoms with E-state index in [0.29, 0.717) is 19.6 Å². The molecule has 0 aromatic rings. The molecule has 0 heterocycles. The van der Waals surface area contributed by atoms with Gasteiger partial charge in [-0.25, -0.2) is 0 Å². The fraction of sp³-hybridized carbons (Fsp3) is 0.923. The maximum Gasteiger partial charge on any atom is 0.305 e. The van der Waals surface area contributed by atoms with Crippen molar-refractivity contribution in [3.05, 3.63) is 0 Å². The molecule has 0 aliphatic rings. The lowest BCUT2D eigenvalue weighted by Gasteiger charge is -2.22. The summed E-state index contributed by atoms with van der Waals surface area (Å²) in [4.78, 5) is 11.0. The van der Waals surface area contributed by atoms with Crippen LogP contribution in [0.5, 0.6) is 0 Å². The van der Waals surface area contributed by atoms with Crippen LogP contribution in [0.4, 0.5) is 0 Å². The van der Waals surface area contributed by atoms with Crippen LogP contribution in [0.1, 0.15) is 52.9 Å². The van der Waals surface area contributed by atoms with E-state index in [-0.39, 0.29) is 11.5 Å². The number of esters is 1. The van der Waals surface area contributed by atoms with E-state index in [4.69, 9.17) is 15.2 Å². The van der Waals surface area contributed by atoms with Crippen molar-refractivity contribution in [3.63, 3.8) is 0 Å². The topological polar surface area (TPSA) is 61.5 Å². The zero-order valence-corrected chi connectivity index (χ0v) is 11.5. The average molecular weight is 245 g/mol. The molecule has 4 heteroatoms. The Labute approximate surface area is 105 Å². The molecule has 0 radical (unpaired) electrons. The van der Waals surface area contributed by atoms with Gasteiger partial charge in [0.2, 0.25) is 0 Å². The highest BCUT2D eigenvalue weighted by molar-refractivity contribution is 5.69. The zero-order chi connectivity index (χ0) is 13.1. The lowest BCUT2D eigenvalue weighted by molar-refractivity contribution is -0.143. The van der Waals surface area contributed by atoms with E-state index in [1.807, 2.05) is 13.8 Å². The third kappa shape index (κ3) is 10.3. The largest absolute Gasteiger partial charge is 0.466 e. The molecule has 0 saturated carbocycles. The van der Waals surface area contributed by atoms with Crippen molar-refractivity contribution in [1.29, 1.82) is 0 Å². The Balaban J connectivity index is 3.27. The number of carbonyl (C=O) groups excluding carboxylic acids is 1. The highest BCUT2D eigenvalue weighted by Gasteiger charge is 2.14. The number of unbranched alkanes of at least 4 members (excludes halogenated alkanes) is 2. The summed E-state index contributed by atoms with van der Waals surface area (Å²) < 4.78 is 10.3. The molecule has 0 spiro atoms. The third-order valence-electron chi connectivity index (χ3n) is 2.71. The number of carbonyl (C=O) groups is 1. The molecule has 0 rings (SSSR count). The Kier molecular flexibility index (Phi) is 9.09. The van der Waals surface area contributed by atoms with E-state index in [9.17, 15) is 4.79 Å². The molecule has 2 N–H and O–H groups in total. The zero-order valence-electron chi connectivity index (χ0n) is 11.5. The molecule has 0 fully saturated rings. The first kappa shape index (κ1) is 16.4. The Hall–Kier alpha value is -0.610. The third-order valence-corrected chi connectivity index (χ3v) is 2.71. The number of hydrogen-bond donors (Lipinski definition) is 1. The van der Waals surface area contributed by atoms with Crippen molar-refractivity contribution in [3.8, 4) is 0 Å². The lowest BCUT2D eigenvalue weighted by Crippen LogP contribution is -2.40. The average Bonchev–Trinajstić information content (AvgIpc) is 2.28. The summed E-state index contributed by atoms with van der Waals surface area (Å²) >= 11 is 0. The SMILES string of the molecule is CCOC(=O)CCCCCOCC(C)(N)CC. The minimum atomic E-state index is -0.217. The van der Waals surface area contributed by atoms with Crippen molar-refractivity contribution in [2.45, 2.75) is 58.4 Å². The van der Waals surface area contributed by atoms with E-state index in [2.05, 4.69) is 6.92 Å². The molecule has 4 nitrogen and oxygen atoms in total. The number of hydrogen-bond acceptors (Lipinski definition) is 4. The Morgan fingerprint density at radius 2 is 1.94 bits per heavy atom. The van der Waals surface area contributed by atoms with Gasteiger partial charge in [0.25, 0.3) is 0 Å². The first-order valence-corrected chi connectivity index (χ1v) is 6.54. The monoisotopic (exact) mass is 245 g/mol. The summed E-state index contributed by atoms with van der Waals surface area (Å²) in [6, 6.07) is 0. The van der Waals surface area contributed by atoms with Crippen molar-refractivity contribution >= 4 is 5.97 Å². The van der Waals surface area contributed by atoms with Crippen LogP contribution in [0.2, 0.25) is 0 Å². The predicted molar refractivity (Wildman–Crippen MR) is 68.8 cm³/mol. The van der Waals surface area contributed by atoms with Crippen molar-refractivity contribution in [1.82, 2.24) is 0 Å². The molecular weight excluding hydrogens is 218 g/mol. The summed E-state index contributed by atoms with van der Waals surface area (Å²) in [5.74, 6) is -0.103. The minimum absolute atomic E-state index is 0.103. The van der Waals surface area contributed by atoms with Crippen molar-refractivity contribution in [2.75, 3.05) is 19.8 Å². The van der Waals surface area contributed by atoms with Gasteiger partial charge in [-0.2, -0.15) is 0 Å². The number of nitrogens with two attached hydrogens (primary N) is 1. The van der Waals surface area contributed by atoms with Gasteiger partial charge in [-0.05, 0) is 33.1 Å². The smallest absolute Gasteiger partial charge is 0.305 e. The van der Waals surface area contributed by atoms with Crippen molar-refractivity contribution < 1.29 is 14.3 Å². The van der Waals surface area contributed by atoms with Gasteiger partial charge in [-0.15, -0.1) is 0 Å². The second-order valence-corrected chi connectivity index (χ2v) is 4.68. The van der Waals surface area contributed by atoms with Crippen LogP contribution in [-0.2, 0) is 14.3 Å². The highest BCUT2D eigenvalue weighted by atomic mass is 16.5. The summed E-state index contributed by atoms with van der Waals surface area (Å²) in [6.07, 6.45) is 4.26. The Morgan fingerprint density at radius 3 is 2.53 bits per heavy atom. The molecule has 0 amide bonds. The Morgan fingerprint density at radius 1 is 1.24 bits per heavy atom. The van der Waals surface area contributed by atoms with E-state index < -0.39 is 0 Å². The minimum Gasteiger partial charge on any atom is -0.466 e. The van der Waals surface area contributed by atoms with E-state index in [1.165, 1.54) is 0 Å². The van der Waals surface area contributed by atoms with Gasteiger partial charge in [0.1, 0.15) is 0 Å². The summed E-state index contributed by atoms with van der Waals surface area (Å²) in [5, 5.41) is 0. The van der Waals surface area contributed by atoms with Crippen LogP contribution in [0, 0.1) is 0 Å². The van der Waals surface area contributed by atoms with Gasteiger partial charge in [-0.3, -0.25) is 4.79 Å². The molecule has 0 aliphatic heterocycles. The second kappa shape index (κ2) is 9.42. The van der Waals surface area contributed by atoms with E-state index >= 15 is 0 Å². The normalized spacial score (nSPS) is 14.4. The predicted octanol–water partition coefficient (Wildman–Crippen LogP) is 2.25. The standard InChI is InChI=1S/C13H27NO3/c1-4-13(3,14)11-16-10-8-6-7-9-12(15)17-5-2/h4-11,14H2,1-3H3. The first-order chi connectivity index (χ1) is 8.02. The van der Waals surface area contributed by atoms with Crippen LogP contribution in [0.15, 0.2) is 0 Å². The molecule has 0 aliphatic carbocycles. The van der Waals surface area contributed by atoms with Crippen LogP contribution in [0.25, 0.3) is 0 Å². The van der Waals surface area contributed by atoms with Gasteiger partial charge in [0.15, 0.2) is 0 Å². The van der Waals surface area contributed by atoms with E-state index in [0.717, 1.165) is 32.3 Å². The maximum absolute atomic E-state index is 11.0. The van der Waals surface area contributed by atoms with Crippen LogP contribution in [-0.4, -0.2) is 31.3 Å². The second-order valence-electron chi connectivity index (χ2n) is 4.68. The molecule has 102 valence electrons. The van der Waals surface area contributed by atoms with Gasteiger partial charge in [0, 0.05) is 18.6 Å². The number of rotatable bonds is 10. The highest BCUT2D eigenvalue weighted by Crippen LogP contribution is 2.06. The fourth-order valence-electron chi connectivity index (χ4n) is 1.29. The molecule has 1 atom stereocenters. The number of ether oxygens (including phenoxy) is 2. The first-order valence-electron chi connectivity index (χ1n) is 6.54. The van der Waals surface area contributed by atoms with Gasteiger partial charge in [0.05, 0.1) is 13.2 Å². The maximum atomic E-state index is 11.0. The molecule has 0 saturated heterocycles. The molecule has 0 aromatic heterocycles. The molecule has 0 aromatic carbocycles. The van der Waals surface area contributed by atoms with E-state index in [1.54, 1.807) is 0 Å². The fourth-order valence-corrected chi connectivity index (χ4v) is 1.29. The molecule has 17 heavy (non-hydrogen) atoms. The summed E-state index contributed by atoms with van der Waals surface area (Å²) in [6.45, 7) is 7.66. The van der Waals surface area contributed by atoms with Crippen LogP contribution < -0.4 is 5.73 Å². The van der Waals surface area contributed by atoms with Gasteiger partial charge < -0.3 is 15.2 Å². The van der Waals surface area contributed by atoms with Crippen molar-refractivity contribution in [2.24, 2.45) is 5.73 Å².